The summed E-state index contributed by atoms with van der Waals surface area (Å²) in [6.45, 7) is 0. The summed E-state index contributed by atoms with van der Waals surface area (Å²) in [5.74, 6) is 0.594. The van der Waals surface area contributed by atoms with Crippen LogP contribution in [0.15, 0.2) is 42.6 Å². The Hall–Kier alpha value is -2.89. The summed E-state index contributed by atoms with van der Waals surface area (Å²) in [7, 11) is 1.52. The van der Waals surface area contributed by atoms with Crippen LogP contribution < -0.4 is 10.1 Å². The highest BCUT2D eigenvalue weighted by atomic mass is 16.5. The quantitative estimate of drug-likeness (QED) is 0.763. The number of amides is 1. The van der Waals surface area contributed by atoms with Gasteiger partial charge >= 0.3 is 0 Å². The molecule has 20 heavy (non-hydrogen) atoms. The molecule has 1 amide bonds. The SMILES string of the molecule is COc1ccc(C(=O)Nc2nc3ccccc3[nH]2)cn1. The zero-order valence-corrected chi connectivity index (χ0v) is 10.8. The lowest BCUT2D eigenvalue weighted by atomic mass is 10.3. The number of ether oxygens (including phenoxy) is 1. The fourth-order valence-corrected chi connectivity index (χ4v) is 1.83. The van der Waals surface area contributed by atoms with Gasteiger partial charge in [-0.1, -0.05) is 12.1 Å². The summed E-state index contributed by atoms with van der Waals surface area (Å²) in [6.07, 6.45) is 1.46. The third-order valence-corrected chi connectivity index (χ3v) is 2.83. The lowest BCUT2D eigenvalue weighted by Gasteiger charge is -2.02. The van der Waals surface area contributed by atoms with E-state index in [0.29, 0.717) is 17.4 Å². The number of aromatic amines is 1. The summed E-state index contributed by atoms with van der Waals surface area (Å²) in [5.41, 5.74) is 2.11. The molecule has 0 radical (unpaired) electrons. The van der Waals surface area contributed by atoms with Gasteiger partial charge in [0.2, 0.25) is 11.8 Å². The molecule has 3 aromatic rings. The van der Waals surface area contributed by atoms with Crippen molar-refractivity contribution < 1.29 is 9.53 Å². The average molecular weight is 268 g/mol. The highest BCUT2D eigenvalue weighted by molar-refractivity contribution is 6.03. The number of carbonyl (C=O) groups excluding carboxylic acids is 1. The second-order valence-electron chi connectivity index (χ2n) is 4.15. The molecule has 0 atom stereocenters. The molecular formula is C14H12N4O2. The van der Waals surface area contributed by atoms with Crippen molar-refractivity contribution in [2.24, 2.45) is 0 Å². The number of methoxy groups -OCH3 is 1. The van der Waals surface area contributed by atoms with E-state index in [1.807, 2.05) is 24.3 Å². The van der Waals surface area contributed by atoms with E-state index in [2.05, 4.69) is 20.3 Å². The molecule has 0 unspecified atom stereocenters. The van der Waals surface area contributed by atoms with E-state index in [4.69, 9.17) is 4.74 Å². The van der Waals surface area contributed by atoms with Crippen molar-refractivity contribution in [3.05, 3.63) is 48.2 Å². The van der Waals surface area contributed by atoms with Gasteiger partial charge in [-0.3, -0.25) is 10.1 Å². The number of pyridine rings is 1. The molecule has 3 rings (SSSR count). The minimum absolute atomic E-state index is 0.279. The van der Waals surface area contributed by atoms with Crippen LogP contribution in [0.2, 0.25) is 0 Å². The van der Waals surface area contributed by atoms with Crippen LogP contribution in [0.4, 0.5) is 5.95 Å². The molecule has 2 aromatic heterocycles. The number of benzene rings is 1. The zero-order chi connectivity index (χ0) is 13.9. The smallest absolute Gasteiger partial charge is 0.259 e. The highest BCUT2D eigenvalue weighted by Crippen LogP contribution is 2.14. The first kappa shape index (κ1) is 12.2. The number of rotatable bonds is 3. The zero-order valence-electron chi connectivity index (χ0n) is 10.8. The molecule has 1 aromatic carbocycles. The Kier molecular flexibility index (Phi) is 3.04. The second kappa shape index (κ2) is 5.00. The molecule has 2 heterocycles. The van der Waals surface area contributed by atoms with Gasteiger partial charge in [0.1, 0.15) is 0 Å². The Morgan fingerprint density at radius 2 is 2.10 bits per heavy atom. The Labute approximate surface area is 114 Å². The Bertz CT molecular complexity index is 716. The number of hydrogen-bond acceptors (Lipinski definition) is 4. The third kappa shape index (κ3) is 2.31. The number of hydrogen-bond donors (Lipinski definition) is 2. The minimum Gasteiger partial charge on any atom is -0.481 e. The van der Waals surface area contributed by atoms with Crippen LogP contribution in [0.5, 0.6) is 5.88 Å². The fraction of sp³-hybridized carbons (Fsp3) is 0.0714. The maximum atomic E-state index is 12.0. The number of H-pyrrole nitrogens is 1. The highest BCUT2D eigenvalue weighted by Gasteiger charge is 2.09. The van der Waals surface area contributed by atoms with Crippen LogP contribution in [-0.4, -0.2) is 28.0 Å². The van der Waals surface area contributed by atoms with Gasteiger partial charge in [-0.2, -0.15) is 0 Å². The molecule has 0 saturated heterocycles. The number of fused-ring (bicyclic) bond motifs is 1. The Morgan fingerprint density at radius 1 is 1.25 bits per heavy atom. The number of imidazole rings is 1. The van der Waals surface area contributed by atoms with Gasteiger partial charge in [-0.25, -0.2) is 9.97 Å². The molecule has 0 aliphatic heterocycles. The van der Waals surface area contributed by atoms with Crippen molar-refractivity contribution in [3.8, 4) is 5.88 Å². The van der Waals surface area contributed by atoms with Crippen LogP contribution in [0.3, 0.4) is 0 Å². The normalized spacial score (nSPS) is 10.4. The summed E-state index contributed by atoms with van der Waals surface area (Å²) in [5, 5.41) is 2.70. The van der Waals surface area contributed by atoms with Gasteiger partial charge in [0.25, 0.3) is 5.91 Å². The standard InChI is InChI=1S/C14H12N4O2/c1-20-12-7-6-9(8-15-12)13(19)18-14-16-10-4-2-3-5-11(10)17-14/h2-8H,1H3,(H2,16,17,18,19). The van der Waals surface area contributed by atoms with E-state index in [-0.39, 0.29) is 5.91 Å². The molecule has 100 valence electrons. The average Bonchev–Trinajstić information content (AvgIpc) is 2.89. The van der Waals surface area contributed by atoms with E-state index < -0.39 is 0 Å². The molecule has 6 heteroatoms. The van der Waals surface area contributed by atoms with Gasteiger partial charge in [-0.15, -0.1) is 0 Å². The number of carbonyl (C=O) groups is 1. The Balaban J connectivity index is 1.80. The van der Waals surface area contributed by atoms with Crippen LogP contribution in [0.25, 0.3) is 11.0 Å². The molecule has 0 bridgehead atoms. The van der Waals surface area contributed by atoms with Crippen LogP contribution in [0.1, 0.15) is 10.4 Å². The maximum absolute atomic E-state index is 12.0. The largest absolute Gasteiger partial charge is 0.481 e. The second-order valence-corrected chi connectivity index (χ2v) is 4.15. The predicted molar refractivity (Wildman–Crippen MR) is 74.8 cm³/mol. The molecular weight excluding hydrogens is 256 g/mol. The maximum Gasteiger partial charge on any atom is 0.259 e. The fourth-order valence-electron chi connectivity index (χ4n) is 1.83. The number of anilines is 1. The number of nitrogens with zero attached hydrogens (tertiary/aromatic N) is 2. The predicted octanol–water partition coefficient (Wildman–Crippen LogP) is 2.22. The van der Waals surface area contributed by atoms with Crippen molar-refractivity contribution in [2.75, 3.05) is 12.4 Å². The van der Waals surface area contributed by atoms with Crippen molar-refractivity contribution in [3.63, 3.8) is 0 Å². The topological polar surface area (TPSA) is 79.9 Å². The lowest BCUT2D eigenvalue weighted by Crippen LogP contribution is -2.13. The van der Waals surface area contributed by atoms with Crippen molar-refractivity contribution in [1.82, 2.24) is 15.0 Å². The number of para-hydroxylation sites is 2. The van der Waals surface area contributed by atoms with Gasteiger partial charge in [0.15, 0.2) is 0 Å². The summed E-state index contributed by atoms with van der Waals surface area (Å²) < 4.78 is 4.95. The summed E-state index contributed by atoms with van der Waals surface area (Å²) >= 11 is 0. The van der Waals surface area contributed by atoms with Crippen LogP contribution in [-0.2, 0) is 0 Å². The lowest BCUT2D eigenvalue weighted by molar-refractivity contribution is 0.102. The van der Waals surface area contributed by atoms with Crippen molar-refractivity contribution in [2.45, 2.75) is 0 Å². The van der Waals surface area contributed by atoms with E-state index in [1.165, 1.54) is 13.3 Å². The minimum atomic E-state index is -0.279. The number of nitrogens with one attached hydrogen (secondary N) is 2. The summed E-state index contributed by atoms with van der Waals surface area (Å²) in [4.78, 5) is 23.3. The molecule has 2 N–H and O–H groups in total. The van der Waals surface area contributed by atoms with E-state index in [0.717, 1.165) is 11.0 Å². The van der Waals surface area contributed by atoms with E-state index in [1.54, 1.807) is 12.1 Å². The molecule has 6 nitrogen and oxygen atoms in total. The van der Waals surface area contributed by atoms with Gasteiger partial charge in [0.05, 0.1) is 23.7 Å². The monoisotopic (exact) mass is 268 g/mol. The van der Waals surface area contributed by atoms with E-state index in [9.17, 15) is 4.79 Å². The van der Waals surface area contributed by atoms with Crippen LogP contribution >= 0.6 is 0 Å². The van der Waals surface area contributed by atoms with Crippen LogP contribution in [0, 0.1) is 0 Å². The molecule has 0 fully saturated rings. The molecule has 0 spiro atoms. The van der Waals surface area contributed by atoms with E-state index >= 15 is 0 Å². The number of aromatic nitrogens is 3. The third-order valence-electron chi connectivity index (χ3n) is 2.83. The van der Waals surface area contributed by atoms with Crippen molar-refractivity contribution >= 4 is 22.9 Å². The molecule has 0 aliphatic carbocycles. The van der Waals surface area contributed by atoms with Gasteiger partial charge < -0.3 is 9.72 Å². The molecule has 0 saturated carbocycles. The van der Waals surface area contributed by atoms with Gasteiger partial charge in [-0.05, 0) is 18.2 Å². The first-order valence-corrected chi connectivity index (χ1v) is 6.02. The van der Waals surface area contributed by atoms with Crippen molar-refractivity contribution in [1.29, 1.82) is 0 Å². The van der Waals surface area contributed by atoms with Gasteiger partial charge in [0, 0.05) is 12.3 Å². The first-order valence-electron chi connectivity index (χ1n) is 6.02. The first-order chi connectivity index (χ1) is 9.76. The summed E-state index contributed by atoms with van der Waals surface area (Å²) in [6, 6.07) is 10.8. The molecule has 0 aliphatic rings. The Morgan fingerprint density at radius 3 is 2.80 bits per heavy atom.